The van der Waals surface area contributed by atoms with E-state index in [9.17, 15) is 4.79 Å². The molecule has 1 amide bonds. The molecule has 2 heterocycles. The predicted octanol–water partition coefficient (Wildman–Crippen LogP) is 0.361. The molecule has 0 aromatic carbocycles. The average Bonchev–Trinajstić information content (AvgIpc) is 2.74. The first-order valence-corrected chi connectivity index (χ1v) is 5.84. The molecule has 3 atom stereocenters. The molecule has 2 unspecified atom stereocenters. The van der Waals surface area contributed by atoms with E-state index >= 15 is 0 Å². The van der Waals surface area contributed by atoms with Gasteiger partial charge in [0, 0.05) is 25.7 Å². The Kier molecular flexibility index (Phi) is 3.26. The van der Waals surface area contributed by atoms with Crippen LogP contribution in [-0.2, 0) is 9.53 Å². The third kappa shape index (κ3) is 2.32. The van der Waals surface area contributed by atoms with Crippen molar-refractivity contribution in [2.75, 3.05) is 19.7 Å². The van der Waals surface area contributed by atoms with Crippen LogP contribution in [0.1, 0.15) is 26.2 Å². The van der Waals surface area contributed by atoms with E-state index in [2.05, 4.69) is 6.92 Å². The molecule has 0 spiro atoms. The van der Waals surface area contributed by atoms with Crippen molar-refractivity contribution in [3.8, 4) is 0 Å². The maximum absolute atomic E-state index is 12.0. The number of carbonyl (C=O) groups is 1. The minimum absolute atomic E-state index is 0.172. The second-order valence-corrected chi connectivity index (χ2v) is 4.72. The Labute approximate surface area is 90.8 Å². The summed E-state index contributed by atoms with van der Waals surface area (Å²) >= 11 is 0. The molecule has 0 aliphatic carbocycles. The van der Waals surface area contributed by atoms with Gasteiger partial charge in [-0.3, -0.25) is 4.79 Å². The summed E-state index contributed by atoms with van der Waals surface area (Å²) in [5, 5.41) is 0. The first-order valence-electron chi connectivity index (χ1n) is 5.84. The van der Waals surface area contributed by atoms with Gasteiger partial charge < -0.3 is 15.4 Å². The van der Waals surface area contributed by atoms with Crippen LogP contribution in [0.3, 0.4) is 0 Å². The summed E-state index contributed by atoms with van der Waals surface area (Å²) < 4.78 is 5.41. The normalized spacial score (nSPS) is 36.9. The molecular formula is C11H20N2O2. The van der Waals surface area contributed by atoms with Crippen molar-refractivity contribution in [1.82, 2.24) is 4.90 Å². The first kappa shape index (κ1) is 10.9. The second kappa shape index (κ2) is 4.49. The lowest BCUT2D eigenvalue weighted by molar-refractivity contribution is -0.142. The molecular weight excluding hydrogens is 192 g/mol. The number of nitrogens with zero attached hydrogens (tertiary/aromatic N) is 1. The van der Waals surface area contributed by atoms with Gasteiger partial charge >= 0.3 is 0 Å². The number of hydrogen-bond donors (Lipinski definition) is 1. The highest BCUT2D eigenvalue weighted by Gasteiger charge is 2.32. The number of amides is 1. The lowest BCUT2D eigenvalue weighted by Crippen LogP contribution is -2.50. The maximum Gasteiger partial charge on any atom is 0.251 e. The summed E-state index contributed by atoms with van der Waals surface area (Å²) in [6, 6.07) is 0.249. The van der Waals surface area contributed by atoms with Crippen LogP contribution in [0.15, 0.2) is 0 Å². The lowest BCUT2D eigenvalue weighted by Gasteiger charge is -2.36. The number of hydrogen-bond acceptors (Lipinski definition) is 3. The number of nitrogens with two attached hydrogens (primary N) is 1. The van der Waals surface area contributed by atoms with Crippen LogP contribution >= 0.6 is 0 Å². The van der Waals surface area contributed by atoms with Crippen molar-refractivity contribution in [2.45, 2.75) is 38.3 Å². The van der Waals surface area contributed by atoms with Crippen molar-refractivity contribution in [3.63, 3.8) is 0 Å². The monoisotopic (exact) mass is 212 g/mol. The Morgan fingerprint density at radius 3 is 2.87 bits per heavy atom. The summed E-state index contributed by atoms with van der Waals surface area (Å²) in [6.07, 6.45) is 2.64. The van der Waals surface area contributed by atoms with Gasteiger partial charge in [0.25, 0.3) is 5.91 Å². The summed E-state index contributed by atoms with van der Waals surface area (Å²) in [6.45, 7) is 4.43. The Morgan fingerprint density at radius 1 is 1.47 bits per heavy atom. The maximum atomic E-state index is 12.0. The molecule has 86 valence electrons. The topological polar surface area (TPSA) is 55.6 Å². The van der Waals surface area contributed by atoms with E-state index in [4.69, 9.17) is 10.5 Å². The highest BCUT2D eigenvalue weighted by atomic mass is 16.5. The number of ether oxygens (including phenoxy) is 1. The average molecular weight is 212 g/mol. The number of carbonyl (C=O) groups excluding carboxylic acids is 1. The molecule has 0 saturated carbocycles. The van der Waals surface area contributed by atoms with Crippen LogP contribution in [0.25, 0.3) is 0 Å². The van der Waals surface area contributed by atoms with Gasteiger partial charge in [-0.1, -0.05) is 6.92 Å². The molecule has 0 bridgehead atoms. The van der Waals surface area contributed by atoms with Gasteiger partial charge in [0.2, 0.25) is 0 Å². The molecule has 2 N–H and O–H groups in total. The van der Waals surface area contributed by atoms with Crippen molar-refractivity contribution >= 4 is 5.91 Å². The Balaban J connectivity index is 1.90. The Morgan fingerprint density at radius 2 is 2.27 bits per heavy atom. The molecule has 4 nitrogen and oxygen atoms in total. The predicted molar refractivity (Wildman–Crippen MR) is 57.3 cm³/mol. The van der Waals surface area contributed by atoms with E-state index < -0.39 is 0 Å². The molecule has 0 radical (unpaired) electrons. The van der Waals surface area contributed by atoms with Crippen molar-refractivity contribution in [3.05, 3.63) is 0 Å². The van der Waals surface area contributed by atoms with E-state index in [-0.39, 0.29) is 18.1 Å². The minimum Gasteiger partial charge on any atom is -0.368 e. The number of piperidine rings is 1. The zero-order valence-corrected chi connectivity index (χ0v) is 9.32. The molecule has 0 aromatic rings. The van der Waals surface area contributed by atoms with Crippen LogP contribution in [0.2, 0.25) is 0 Å². The summed E-state index contributed by atoms with van der Waals surface area (Å²) in [7, 11) is 0. The van der Waals surface area contributed by atoms with Crippen LogP contribution in [-0.4, -0.2) is 42.6 Å². The van der Waals surface area contributed by atoms with E-state index in [1.54, 1.807) is 0 Å². The van der Waals surface area contributed by atoms with Crippen molar-refractivity contribution in [1.29, 1.82) is 0 Å². The molecule has 4 heteroatoms. The summed E-state index contributed by atoms with van der Waals surface area (Å²) in [5.41, 5.74) is 5.92. The largest absolute Gasteiger partial charge is 0.368 e. The summed E-state index contributed by atoms with van der Waals surface area (Å²) in [5.74, 6) is 0.579. The minimum atomic E-state index is -0.175. The molecule has 2 rings (SSSR count). The van der Waals surface area contributed by atoms with Gasteiger partial charge in [0.15, 0.2) is 0 Å². The van der Waals surface area contributed by atoms with Gasteiger partial charge in [0.1, 0.15) is 6.10 Å². The third-order valence-corrected chi connectivity index (χ3v) is 3.49. The van der Waals surface area contributed by atoms with E-state index in [0.717, 1.165) is 39.0 Å². The van der Waals surface area contributed by atoms with Crippen LogP contribution < -0.4 is 5.73 Å². The third-order valence-electron chi connectivity index (χ3n) is 3.49. The fourth-order valence-corrected chi connectivity index (χ4v) is 2.34. The van der Waals surface area contributed by atoms with Crippen molar-refractivity contribution < 1.29 is 9.53 Å². The Bertz CT molecular complexity index is 239. The van der Waals surface area contributed by atoms with Crippen molar-refractivity contribution in [2.24, 2.45) is 11.7 Å². The quantitative estimate of drug-likeness (QED) is 0.683. The fourth-order valence-electron chi connectivity index (χ4n) is 2.34. The molecule has 2 fully saturated rings. The van der Waals surface area contributed by atoms with Gasteiger partial charge in [-0.15, -0.1) is 0 Å². The lowest BCUT2D eigenvalue weighted by atomic mass is 9.94. The van der Waals surface area contributed by atoms with Gasteiger partial charge in [-0.05, 0) is 25.2 Å². The second-order valence-electron chi connectivity index (χ2n) is 4.72. The van der Waals surface area contributed by atoms with E-state index in [1.807, 2.05) is 4.90 Å². The highest BCUT2D eigenvalue weighted by molar-refractivity contribution is 5.81. The molecule has 15 heavy (non-hydrogen) atoms. The van der Waals surface area contributed by atoms with Crippen LogP contribution in [0, 0.1) is 5.92 Å². The smallest absolute Gasteiger partial charge is 0.251 e. The fraction of sp³-hybridized carbons (Fsp3) is 0.909. The zero-order valence-electron chi connectivity index (χ0n) is 9.32. The SMILES string of the molecule is CC1CN(C(=O)[C@@H]2CCCO2)CCC1N. The van der Waals surface area contributed by atoms with E-state index in [1.165, 1.54) is 0 Å². The number of likely N-dealkylation sites (tertiary alicyclic amines) is 1. The molecule has 2 saturated heterocycles. The highest BCUT2D eigenvalue weighted by Crippen LogP contribution is 2.20. The first-order chi connectivity index (χ1) is 7.18. The Hall–Kier alpha value is -0.610. The summed E-state index contributed by atoms with van der Waals surface area (Å²) in [4.78, 5) is 13.9. The molecule has 2 aliphatic heterocycles. The zero-order chi connectivity index (χ0) is 10.8. The van der Waals surface area contributed by atoms with E-state index in [0.29, 0.717) is 5.92 Å². The van der Waals surface area contributed by atoms with Gasteiger partial charge in [0.05, 0.1) is 0 Å². The van der Waals surface area contributed by atoms with Crippen LogP contribution in [0.5, 0.6) is 0 Å². The van der Waals surface area contributed by atoms with Gasteiger partial charge in [-0.2, -0.15) is 0 Å². The van der Waals surface area contributed by atoms with Gasteiger partial charge in [-0.25, -0.2) is 0 Å². The number of rotatable bonds is 1. The standard InChI is InChI=1S/C11H20N2O2/c1-8-7-13(5-4-9(8)12)11(14)10-3-2-6-15-10/h8-10H,2-7,12H2,1H3/t8?,9?,10-/m0/s1. The molecule has 2 aliphatic rings. The van der Waals surface area contributed by atoms with Crippen LogP contribution in [0.4, 0.5) is 0 Å². The molecule has 0 aromatic heterocycles.